The van der Waals surface area contributed by atoms with Crippen LogP contribution in [0, 0.1) is 4.77 Å². The summed E-state index contributed by atoms with van der Waals surface area (Å²) in [5, 5.41) is 0.383. The van der Waals surface area contributed by atoms with E-state index in [1.807, 2.05) is 30.3 Å². The summed E-state index contributed by atoms with van der Waals surface area (Å²) in [5.41, 5.74) is 0.479. The molecule has 6 nitrogen and oxygen atoms in total. The van der Waals surface area contributed by atoms with Gasteiger partial charge in [-0.1, -0.05) is 30.3 Å². The highest BCUT2D eigenvalue weighted by Gasteiger charge is 2.13. The molecule has 0 aliphatic carbocycles. The third-order valence-corrected chi connectivity index (χ3v) is 4.80. The van der Waals surface area contributed by atoms with Crippen molar-refractivity contribution in [3.63, 3.8) is 0 Å². The van der Waals surface area contributed by atoms with E-state index in [0.717, 1.165) is 21.4 Å². The van der Waals surface area contributed by atoms with Crippen LogP contribution in [0.5, 0.6) is 0 Å². The Morgan fingerprint density at radius 1 is 1.27 bits per heavy atom. The van der Waals surface area contributed by atoms with Crippen LogP contribution in [-0.4, -0.2) is 24.3 Å². The van der Waals surface area contributed by atoms with Crippen LogP contribution in [0.3, 0.4) is 0 Å². The molecule has 0 bridgehead atoms. The van der Waals surface area contributed by atoms with Crippen LogP contribution in [0.25, 0.3) is 20.7 Å². The fourth-order valence-corrected chi connectivity index (χ4v) is 3.92. The monoisotopic (exact) mass is 353 g/mol. The first kappa shape index (κ1) is 14.9. The molecule has 0 aliphatic rings. The van der Waals surface area contributed by atoms with Crippen LogP contribution in [0.1, 0.15) is 0 Å². The van der Waals surface area contributed by atoms with Gasteiger partial charge in [0.05, 0.1) is 11.6 Å². The quantitative estimate of drug-likeness (QED) is 0.708. The number of H-pyrrole nitrogens is 1. The Kier molecular flexibility index (Phi) is 3.63. The Balaban J connectivity index is 2.24. The molecule has 9 heteroatoms. The minimum atomic E-state index is -3.61. The molecule has 3 aromatic rings. The van der Waals surface area contributed by atoms with Crippen molar-refractivity contribution in [1.82, 2.24) is 9.66 Å². The summed E-state index contributed by atoms with van der Waals surface area (Å²) in [4.78, 5) is 18.9. The van der Waals surface area contributed by atoms with E-state index in [1.54, 1.807) is 6.07 Å². The molecule has 0 aliphatic heterocycles. The van der Waals surface area contributed by atoms with Crippen molar-refractivity contribution in [2.75, 3.05) is 11.1 Å². The average molecular weight is 353 g/mol. The van der Waals surface area contributed by atoms with Crippen LogP contribution in [0.2, 0.25) is 0 Å². The van der Waals surface area contributed by atoms with Gasteiger partial charge < -0.3 is 4.98 Å². The SMILES string of the molecule is CS(=O)(=O)Nn1c(=S)[nH]c2sc(-c3ccccc3)cc2c1=O. The number of thiophene rings is 1. The lowest BCUT2D eigenvalue weighted by atomic mass is 10.2. The van der Waals surface area contributed by atoms with Crippen molar-refractivity contribution in [2.24, 2.45) is 0 Å². The van der Waals surface area contributed by atoms with E-state index in [2.05, 4.69) is 9.82 Å². The van der Waals surface area contributed by atoms with Gasteiger partial charge in [-0.3, -0.25) is 4.79 Å². The summed E-state index contributed by atoms with van der Waals surface area (Å²) in [6.07, 6.45) is 0.960. The Bertz CT molecular complexity index is 1060. The highest BCUT2D eigenvalue weighted by Crippen LogP contribution is 2.30. The molecule has 0 spiro atoms. The number of rotatable bonds is 3. The van der Waals surface area contributed by atoms with E-state index in [0.29, 0.717) is 10.2 Å². The first-order valence-electron chi connectivity index (χ1n) is 6.17. The van der Waals surface area contributed by atoms with E-state index < -0.39 is 15.6 Å². The Morgan fingerprint density at radius 2 is 1.95 bits per heavy atom. The van der Waals surface area contributed by atoms with Gasteiger partial charge in [-0.2, -0.15) is 4.68 Å². The predicted molar refractivity (Wildman–Crippen MR) is 90.9 cm³/mol. The molecule has 0 unspecified atom stereocenters. The normalized spacial score (nSPS) is 11.7. The van der Waals surface area contributed by atoms with Crippen molar-refractivity contribution in [3.8, 4) is 10.4 Å². The molecule has 114 valence electrons. The highest BCUT2D eigenvalue weighted by atomic mass is 32.2. The summed E-state index contributed by atoms with van der Waals surface area (Å²) in [7, 11) is -3.61. The zero-order chi connectivity index (χ0) is 15.9. The van der Waals surface area contributed by atoms with Crippen molar-refractivity contribution in [1.29, 1.82) is 0 Å². The second-order valence-electron chi connectivity index (χ2n) is 4.65. The summed E-state index contributed by atoms with van der Waals surface area (Å²) in [5.74, 6) is 0. The number of hydrogen-bond donors (Lipinski definition) is 2. The third-order valence-electron chi connectivity index (χ3n) is 2.90. The van der Waals surface area contributed by atoms with Gasteiger partial charge in [0.25, 0.3) is 5.56 Å². The van der Waals surface area contributed by atoms with E-state index in [-0.39, 0.29) is 4.77 Å². The molecule has 0 saturated carbocycles. The zero-order valence-corrected chi connectivity index (χ0v) is 13.8. The summed E-state index contributed by atoms with van der Waals surface area (Å²) in [6.45, 7) is 0. The molecule has 3 rings (SSSR count). The first-order valence-corrected chi connectivity index (χ1v) is 9.29. The smallest absolute Gasteiger partial charge is 0.282 e. The lowest BCUT2D eigenvalue weighted by Crippen LogP contribution is -2.33. The van der Waals surface area contributed by atoms with Gasteiger partial charge >= 0.3 is 0 Å². The van der Waals surface area contributed by atoms with E-state index >= 15 is 0 Å². The summed E-state index contributed by atoms with van der Waals surface area (Å²) in [6, 6.07) is 11.3. The lowest BCUT2D eigenvalue weighted by Gasteiger charge is -2.06. The molecule has 2 N–H and O–H groups in total. The van der Waals surface area contributed by atoms with Crippen LogP contribution in [0.15, 0.2) is 41.2 Å². The maximum absolute atomic E-state index is 12.4. The predicted octanol–water partition coefficient (Wildman–Crippen LogP) is 2.29. The van der Waals surface area contributed by atoms with E-state index in [1.165, 1.54) is 11.3 Å². The second-order valence-corrected chi connectivity index (χ2v) is 7.82. The molecule has 22 heavy (non-hydrogen) atoms. The summed E-state index contributed by atoms with van der Waals surface area (Å²) < 4.78 is 23.5. The highest BCUT2D eigenvalue weighted by molar-refractivity contribution is 7.91. The molecule has 2 heterocycles. The van der Waals surface area contributed by atoms with Crippen LogP contribution < -0.4 is 10.4 Å². The molecule has 2 aromatic heterocycles. The molecule has 0 fully saturated rings. The topological polar surface area (TPSA) is 84.0 Å². The van der Waals surface area contributed by atoms with Crippen molar-refractivity contribution in [3.05, 3.63) is 51.5 Å². The standard InChI is InChI=1S/C13H11N3O3S3/c1-22(18,19)15-16-12(17)9-7-10(8-5-3-2-4-6-8)21-11(9)14-13(16)20/h2-7,15H,1H3,(H,14,20). The van der Waals surface area contributed by atoms with Crippen LogP contribution in [0.4, 0.5) is 0 Å². The molecular formula is C13H11N3O3S3. The number of benzene rings is 1. The van der Waals surface area contributed by atoms with Crippen LogP contribution >= 0.6 is 23.6 Å². The number of fused-ring (bicyclic) bond motifs is 1. The molecular weight excluding hydrogens is 342 g/mol. The van der Waals surface area contributed by atoms with Gasteiger partial charge in [0, 0.05) is 4.88 Å². The average Bonchev–Trinajstić information content (AvgIpc) is 2.87. The maximum atomic E-state index is 12.4. The van der Waals surface area contributed by atoms with Crippen molar-refractivity contribution < 1.29 is 8.42 Å². The zero-order valence-electron chi connectivity index (χ0n) is 11.4. The van der Waals surface area contributed by atoms with Crippen molar-refractivity contribution in [2.45, 2.75) is 0 Å². The van der Waals surface area contributed by atoms with Gasteiger partial charge in [-0.15, -0.1) is 11.3 Å². The van der Waals surface area contributed by atoms with Gasteiger partial charge in [0.1, 0.15) is 4.83 Å². The molecule has 0 amide bonds. The van der Waals surface area contributed by atoms with Crippen molar-refractivity contribution >= 4 is 43.8 Å². The van der Waals surface area contributed by atoms with Gasteiger partial charge in [-0.05, 0) is 23.8 Å². The Labute approximate surface area is 135 Å². The molecule has 0 atom stereocenters. The fourth-order valence-electron chi connectivity index (χ4n) is 2.00. The number of nitrogens with one attached hydrogen (secondary N) is 2. The largest absolute Gasteiger partial charge is 0.322 e. The minimum absolute atomic E-state index is 0.00406. The van der Waals surface area contributed by atoms with Gasteiger partial charge in [-0.25, -0.2) is 13.2 Å². The lowest BCUT2D eigenvalue weighted by molar-refractivity contribution is 0.599. The maximum Gasteiger partial charge on any atom is 0.282 e. The number of aromatic amines is 1. The molecule has 0 saturated heterocycles. The van der Waals surface area contributed by atoms with Gasteiger partial charge in [0.15, 0.2) is 0 Å². The third kappa shape index (κ3) is 2.82. The van der Waals surface area contributed by atoms with E-state index in [9.17, 15) is 13.2 Å². The number of sulfonamides is 1. The van der Waals surface area contributed by atoms with E-state index in [4.69, 9.17) is 12.2 Å². The second kappa shape index (κ2) is 5.34. The Morgan fingerprint density at radius 3 is 2.59 bits per heavy atom. The number of aromatic nitrogens is 2. The molecule has 0 radical (unpaired) electrons. The minimum Gasteiger partial charge on any atom is -0.322 e. The number of hydrogen-bond acceptors (Lipinski definition) is 5. The van der Waals surface area contributed by atoms with Gasteiger partial charge in [0.2, 0.25) is 14.8 Å². The summed E-state index contributed by atoms with van der Waals surface area (Å²) >= 11 is 6.44. The van der Waals surface area contributed by atoms with Crippen LogP contribution in [-0.2, 0) is 10.0 Å². The number of nitrogens with zero attached hydrogens (tertiary/aromatic N) is 1. The molecule has 1 aromatic carbocycles. The first-order chi connectivity index (χ1) is 10.3. The Hall–Kier alpha value is -1.97. The fraction of sp³-hybridized carbons (Fsp3) is 0.0769.